The fraction of sp³-hybridized carbons (Fsp3) is 0.133. The quantitative estimate of drug-likeness (QED) is 0.737. The highest BCUT2D eigenvalue weighted by molar-refractivity contribution is 6.02. The summed E-state index contributed by atoms with van der Waals surface area (Å²) in [4.78, 5) is 7.36. The molecule has 0 bridgehead atoms. The number of hydrogen-bond acceptors (Lipinski definition) is 3. The number of nitrogens with two attached hydrogens (primary N) is 1. The second kappa shape index (κ2) is 4.31. The number of methoxy groups -OCH3 is 1. The van der Waals surface area contributed by atoms with Crippen LogP contribution in [0.2, 0.25) is 0 Å². The summed E-state index contributed by atoms with van der Waals surface area (Å²) >= 11 is 0. The molecule has 0 unspecified atom stereocenters. The lowest BCUT2D eigenvalue weighted by atomic mass is 10.00. The number of pyridine rings is 1. The molecule has 4 nitrogen and oxygen atoms in total. The SMILES string of the molecule is COc1ccc(C)cc1-c1ccnc2[nH]cc(N)c12. The Bertz CT molecular complexity index is 746. The highest BCUT2D eigenvalue weighted by atomic mass is 16.5. The van der Waals surface area contributed by atoms with Crippen LogP contribution in [0.4, 0.5) is 5.69 Å². The van der Waals surface area contributed by atoms with Crippen LogP contribution in [-0.4, -0.2) is 17.1 Å². The molecule has 96 valence electrons. The Labute approximate surface area is 111 Å². The summed E-state index contributed by atoms with van der Waals surface area (Å²) in [7, 11) is 1.67. The predicted octanol–water partition coefficient (Wildman–Crippen LogP) is 3.13. The number of aromatic nitrogens is 2. The van der Waals surface area contributed by atoms with Gasteiger partial charge in [0.15, 0.2) is 0 Å². The van der Waals surface area contributed by atoms with E-state index >= 15 is 0 Å². The summed E-state index contributed by atoms with van der Waals surface area (Å²) in [5, 5.41) is 0.936. The summed E-state index contributed by atoms with van der Waals surface area (Å²) in [6.45, 7) is 2.06. The first kappa shape index (κ1) is 11.6. The Morgan fingerprint density at radius 1 is 1.21 bits per heavy atom. The van der Waals surface area contributed by atoms with Gasteiger partial charge in [0.25, 0.3) is 0 Å². The van der Waals surface area contributed by atoms with E-state index in [-0.39, 0.29) is 0 Å². The number of aryl methyl sites for hydroxylation is 1. The van der Waals surface area contributed by atoms with Gasteiger partial charge in [0.1, 0.15) is 11.4 Å². The summed E-state index contributed by atoms with van der Waals surface area (Å²) in [6, 6.07) is 8.06. The van der Waals surface area contributed by atoms with Crippen LogP contribution >= 0.6 is 0 Å². The number of nitrogens with zero attached hydrogens (tertiary/aromatic N) is 1. The Kier molecular flexibility index (Phi) is 2.63. The minimum absolute atomic E-state index is 0.696. The van der Waals surface area contributed by atoms with Gasteiger partial charge >= 0.3 is 0 Å². The lowest BCUT2D eigenvalue weighted by Crippen LogP contribution is -1.91. The molecule has 0 spiro atoms. The van der Waals surface area contributed by atoms with Crippen molar-refractivity contribution in [3.63, 3.8) is 0 Å². The summed E-state index contributed by atoms with van der Waals surface area (Å²) in [6.07, 6.45) is 3.54. The number of nitrogens with one attached hydrogen (secondary N) is 1. The smallest absolute Gasteiger partial charge is 0.139 e. The van der Waals surface area contributed by atoms with Crippen LogP contribution in [0, 0.1) is 6.92 Å². The van der Waals surface area contributed by atoms with E-state index in [0.717, 1.165) is 27.9 Å². The molecule has 0 saturated heterocycles. The predicted molar refractivity (Wildman–Crippen MR) is 77.2 cm³/mol. The van der Waals surface area contributed by atoms with Gasteiger partial charge in [-0.15, -0.1) is 0 Å². The summed E-state index contributed by atoms with van der Waals surface area (Å²) < 4.78 is 5.45. The van der Waals surface area contributed by atoms with Crippen molar-refractivity contribution in [1.29, 1.82) is 0 Å². The zero-order valence-corrected chi connectivity index (χ0v) is 10.9. The van der Waals surface area contributed by atoms with Gasteiger partial charge in [-0.05, 0) is 30.7 Å². The molecule has 0 aliphatic heterocycles. The average Bonchev–Trinajstić information content (AvgIpc) is 2.81. The van der Waals surface area contributed by atoms with Crippen molar-refractivity contribution in [2.75, 3.05) is 12.8 Å². The Hall–Kier alpha value is -2.49. The van der Waals surface area contributed by atoms with Gasteiger partial charge in [0.05, 0.1) is 12.8 Å². The van der Waals surface area contributed by atoms with Gasteiger partial charge in [0.2, 0.25) is 0 Å². The van der Waals surface area contributed by atoms with E-state index in [1.807, 2.05) is 18.2 Å². The van der Waals surface area contributed by atoms with E-state index in [1.165, 1.54) is 5.56 Å². The van der Waals surface area contributed by atoms with Crippen LogP contribution in [-0.2, 0) is 0 Å². The van der Waals surface area contributed by atoms with Gasteiger partial charge in [-0.25, -0.2) is 4.98 Å². The first-order valence-electron chi connectivity index (χ1n) is 6.07. The Morgan fingerprint density at radius 2 is 2.05 bits per heavy atom. The topological polar surface area (TPSA) is 63.9 Å². The van der Waals surface area contributed by atoms with Gasteiger partial charge < -0.3 is 15.5 Å². The standard InChI is InChI=1S/C15H15N3O/c1-9-3-4-13(19-2)11(7-9)10-5-6-17-15-14(10)12(16)8-18-15/h3-8H,16H2,1-2H3,(H,17,18). The molecule has 0 fully saturated rings. The van der Waals surface area contributed by atoms with Crippen LogP contribution in [0.25, 0.3) is 22.2 Å². The maximum Gasteiger partial charge on any atom is 0.139 e. The monoisotopic (exact) mass is 253 g/mol. The van der Waals surface area contributed by atoms with Crippen molar-refractivity contribution >= 4 is 16.7 Å². The van der Waals surface area contributed by atoms with Crippen LogP contribution in [0.3, 0.4) is 0 Å². The third kappa shape index (κ3) is 1.81. The first-order chi connectivity index (χ1) is 9.20. The molecule has 0 amide bonds. The highest BCUT2D eigenvalue weighted by Crippen LogP contribution is 2.37. The van der Waals surface area contributed by atoms with E-state index in [4.69, 9.17) is 10.5 Å². The third-order valence-corrected chi connectivity index (χ3v) is 3.25. The number of H-pyrrole nitrogens is 1. The van der Waals surface area contributed by atoms with E-state index in [2.05, 4.69) is 23.0 Å². The fourth-order valence-corrected chi connectivity index (χ4v) is 2.34. The molecule has 2 aromatic heterocycles. The lowest BCUT2D eigenvalue weighted by Gasteiger charge is -2.11. The van der Waals surface area contributed by atoms with Crippen molar-refractivity contribution in [2.45, 2.75) is 6.92 Å². The molecule has 3 aromatic rings. The Balaban J connectivity index is 2.35. The van der Waals surface area contributed by atoms with E-state index in [9.17, 15) is 0 Å². The van der Waals surface area contributed by atoms with Crippen molar-refractivity contribution in [3.05, 3.63) is 42.2 Å². The van der Waals surface area contributed by atoms with Crippen LogP contribution in [0.5, 0.6) is 5.75 Å². The highest BCUT2D eigenvalue weighted by Gasteiger charge is 2.13. The van der Waals surface area contributed by atoms with Gasteiger partial charge in [0, 0.05) is 23.3 Å². The minimum Gasteiger partial charge on any atom is -0.496 e. The molecule has 2 heterocycles. The molecular formula is C15H15N3O. The Morgan fingerprint density at radius 3 is 2.84 bits per heavy atom. The van der Waals surface area contributed by atoms with Crippen LogP contribution in [0.15, 0.2) is 36.7 Å². The number of anilines is 1. The number of nitrogen functional groups attached to an aromatic ring is 1. The summed E-state index contributed by atoms with van der Waals surface area (Å²) in [5.74, 6) is 0.832. The zero-order valence-electron chi connectivity index (χ0n) is 10.9. The first-order valence-corrected chi connectivity index (χ1v) is 6.07. The van der Waals surface area contributed by atoms with E-state index < -0.39 is 0 Å². The molecule has 3 rings (SSSR count). The van der Waals surface area contributed by atoms with Crippen molar-refractivity contribution in [1.82, 2.24) is 9.97 Å². The molecule has 0 radical (unpaired) electrons. The number of fused-ring (bicyclic) bond motifs is 1. The second-order valence-electron chi connectivity index (χ2n) is 4.53. The fourth-order valence-electron chi connectivity index (χ4n) is 2.34. The summed E-state index contributed by atoms with van der Waals surface area (Å²) in [5.41, 5.74) is 10.8. The van der Waals surface area contributed by atoms with E-state index in [1.54, 1.807) is 19.5 Å². The zero-order chi connectivity index (χ0) is 13.4. The minimum atomic E-state index is 0.696. The van der Waals surface area contributed by atoms with Crippen LogP contribution in [0.1, 0.15) is 5.56 Å². The second-order valence-corrected chi connectivity index (χ2v) is 4.53. The van der Waals surface area contributed by atoms with E-state index in [0.29, 0.717) is 5.69 Å². The van der Waals surface area contributed by atoms with Crippen molar-refractivity contribution in [3.8, 4) is 16.9 Å². The average molecular weight is 253 g/mol. The number of aromatic amines is 1. The number of rotatable bonds is 2. The molecule has 4 heteroatoms. The largest absolute Gasteiger partial charge is 0.496 e. The number of benzene rings is 1. The van der Waals surface area contributed by atoms with Crippen LogP contribution < -0.4 is 10.5 Å². The number of hydrogen-bond donors (Lipinski definition) is 2. The van der Waals surface area contributed by atoms with Gasteiger partial charge in [-0.3, -0.25) is 0 Å². The maximum absolute atomic E-state index is 6.03. The number of ether oxygens (including phenoxy) is 1. The third-order valence-electron chi connectivity index (χ3n) is 3.25. The molecule has 19 heavy (non-hydrogen) atoms. The van der Waals surface area contributed by atoms with Crippen molar-refractivity contribution in [2.24, 2.45) is 0 Å². The maximum atomic E-state index is 6.03. The van der Waals surface area contributed by atoms with Crippen molar-refractivity contribution < 1.29 is 4.74 Å². The van der Waals surface area contributed by atoms with Gasteiger partial charge in [-0.2, -0.15) is 0 Å². The van der Waals surface area contributed by atoms with Gasteiger partial charge in [-0.1, -0.05) is 11.6 Å². The molecule has 0 atom stereocenters. The molecule has 0 saturated carbocycles. The molecule has 1 aromatic carbocycles. The molecule has 3 N–H and O–H groups in total. The normalized spacial score (nSPS) is 10.8. The molecule has 0 aliphatic carbocycles. The molecule has 0 aliphatic rings. The molecular weight excluding hydrogens is 238 g/mol. The lowest BCUT2D eigenvalue weighted by molar-refractivity contribution is 0.416.